The molecule has 0 aliphatic heterocycles. The van der Waals surface area contributed by atoms with Gasteiger partial charge in [0.1, 0.15) is 0 Å². The topological polar surface area (TPSA) is 34.1 Å². The summed E-state index contributed by atoms with van der Waals surface area (Å²) in [5.74, 6) is -2.29. The fraction of sp³-hybridized carbons (Fsp3) is 0. The summed E-state index contributed by atoms with van der Waals surface area (Å²) in [6, 6.07) is 0. The number of carbonyl (C=O) groups is 2. The Bertz CT molecular complexity index is 237. The summed E-state index contributed by atoms with van der Waals surface area (Å²) < 4.78 is 12.3. The summed E-state index contributed by atoms with van der Waals surface area (Å²) in [4.78, 5) is 21.0. The molecule has 10 heavy (non-hydrogen) atoms. The summed E-state index contributed by atoms with van der Waals surface area (Å²) in [7, 11) is 0. The van der Waals surface area contributed by atoms with Gasteiger partial charge < -0.3 is 0 Å². The molecular weight excluding hydrogens is 203 g/mol. The van der Waals surface area contributed by atoms with E-state index in [-0.39, 0.29) is 4.48 Å². The SMILES string of the molecule is O=C1C=C(Br)C(=O)C=C1F. The van der Waals surface area contributed by atoms with Crippen LogP contribution < -0.4 is 0 Å². The lowest BCUT2D eigenvalue weighted by atomic mass is 10.1. The molecule has 0 unspecified atom stereocenters. The van der Waals surface area contributed by atoms with Crippen molar-refractivity contribution in [1.29, 1.82) is 0 Å². The first kappa shape index (κ1) is 7.34. The maximum atomic E-state index is 12.2. The molecule has 0 N–H and O–H groups in total. The third-order valence-corrected chi connectivity index (χ3v) is 1.61. The Morgan fingerprint density at radius 1 is 1.20 bits per heavy atom. The molecule has 52 valence electrons. The van der Waals surface area contributed by atoms with Crippen molar-refractivity contribution in [2.24, 2.45) is 0 Å². The molecule has 0 aromatic rings. The highest BCUT2D eigenvalue weighted by molar-refractivity contribution is 9.12. The van der Waals surface area contributed by atoms with Crippen LogP contribution in [0.15, 0.2) is 22.5 Å². The van der Waals surface area contributed by atoms with Crippen molar-refractivity contribution in [1.82, 2.24) is 0 Å². The van der Waals surface area contributed by atoms with Crippen molar-refractivity contribution in [3.63, 3.8) is 0 Å². The maximum Gasteiger partial charge on any atom is 0.215 e. The van der Waals surface area contributed by atoms with E-state index < -0.39 is 17.4 Å². The minimum atomic E-state index is -1.01. The molecule has 2 nitrogen and oxygen atoms in total. The van der Waals surface area contributed by atoms with Gasteiger partial charge in [0.25, 0.3) is 0 Å². The molecule has 1 aliphatic carbocycles. The van der Waals surface area contributed by atoms with Gasteiger partial charge in [-0.05, 0) is 15.9 Å². The average Bonchev–Trinajstić information content (AvgIpc) is 1.84. The Labute approximate surface area is 64.5 Å². The average molecular weight is 205 g/mol. The highest BCUT2D eigenvalue weighted by Crippen LogP contribution is 2.16. The number of halogens is 2. The highest BCUT2D eigenvalue weighted by atomic mass is 79.9. The quantitative estimate of drug-likeness (QED) is 0.558. The fourth-order valence-corrected chi connectivity index (χ4v) is 0.833. The Balaban J connectivity index is 3.03. The minimum absolute atomic E-state index is 0.0962. The van der Waals surface area contributed by atoms with Gasteiger partial charge in [-0.1, -0.05) is 0 Å². The molecule has 1 aliphatic rings. The first-order valence-electron chi connectivity index (χ1n) is 2.44. The molecule has 0 heterocycles. The predicted molar refractivity (Wildman–Crippen MR) is 36.2 cm³/mol. The van der Waals surface area contributed by atoms with Crippen LogP contribution in [0.5, 0.6) is 0 Å². The lowest BCUT2D eigenvalue weighted by Gasteiger charge is -1.98. The molecule has 0 amide bonds. The lowest BCUT2D eigenvalue weighted by Crippen LogP contribution is -2.06. The Morgan fingerprint density at radius 2 is 1.80 bits per heavy atom. The van der Waals surface area contributed by atoms with E-state index in [1.165, 1.54) is 0 Å². The van der Waals surface area contributed by atoms with Crippen LogP contribution >= 0.6 is 15.9 Å². The number of carbonyl (C=O) groups excluding carboxylic acids is 2. The van der Waals surface area contributed by atoms with Crippen molar-refractivity contribution in [2.45, 2.75) is 0 Å². The molecule has 0 radical (unpaired) electrons. The number of ketones is 2. The fourth-order valence-electron chi connectivity index (χ4n) is 0.510. The zero-order valence-corrected chi connectivity index (χ0v) is 6.31. The van der Waals surface area contributed by atoms with Gasteiger partial charge in [0.15, 0.2) is 11.6 Å². The van der Waals surface area contributed by atoms with Gasteiger partial charge in [-0.15, -0.1) is 0 Å². The lowest BCUT2D eigenvalue weighted by molar-refractivity contribution is -0.115. The summed E-state index contributed by atoms with van der Waals surface area (Å²) in [5.41, 5.74) is 0. The van der Waals surface area contributed by atoms with E-state index in [4.69, 9.17) is 0 Å². The van der Waals surface area contributed by atoms with E-state index >= 15 is 0 Å². The molecule has 0 bridgehead atoms. The monoisotopic (exact) mass is 204 g/mol. The summed E-state index contributed by atoms with van der Waals surface area (Å²) in [5, 5.41) is 0. The molecule has 0 saturated heterocycles. The second kappa shape index (κ2) is 2.46. The van der Waals surface area contributed by atoms with Crippen LogP contribution in [0.25, 0.3) is 0 Å². The van der Waals surface area contributed by atoms with Gasteiger partial charge in [-0.25, -0.2) is 4.39 Å². The summed E-state index contributed by atoms with van der Waals surface area (Å²) in [6.07, 6.45) is 1.57. The van der Waals surface area contributed by atoms with Crippen LogP contribution in [0.1, 0.15) is 0 Å². The van der Waals surface area contributed by atoms with Crippen molar-refractivity contribution in [3.05, 3.63) is 22.5 Å². The standard InChI is InChI=1S/C6H2BrFO2/c7-3-1-6(10)4(8)2-5(3)9/h1-2H. The second-order valence-corrected chi connectivity index (χ2v) is 2.57. The molecule has 0 atom stereocenters. The first-order valence-corrected chi connectivity index (χ1v) is 3.23. The molecular formula is C6H2BrFO2. The van der Waals surface area contributed by atoms with Crippen LogP contribution in [0.2, 0.25) is 0 Å². The minimum Gasteiger partial charge on any atom is -0.289 e. The van der Waals surface area contributed by atoms with E-state index in [1.807, 2.05) is 0 Å². The Kier molecular flexibility index (Phi) is 1.80. The third kappa shape index (κ3) is 1.21. The normalized spacial score (nSPS) is 18.6. The van der Waals surface area contributed by atoms with Crippen LogP contribution in [0.3, 0.4) is 0 Å². The molecule has 0 fully saturated rings. The van der Waals surface area contributed by atoms with Crippen molar-refractivity contribution < 1.29 is 14.0 Å². The summed E-state index contributed by atoms with van der Waals surface area (Å²) in [6.45, 7) is 0. The van der Waals surface area contributed by atoms with Crippen LogP contribution in [-0.4, -0.2) is 11.6 Å². The van der Waals surface area contributed by atoms with E-state index in [1.54, 1.807) is 0 Å². The van der Waals surface area contributed by atoms with Gasteiger partial charge in [0.2, 0.25) is 5.78 Å². The number of rotatable bonds is 0. The first-order chi connectivity index (χ1) is 4.61. The van der Waals surface area contributed by atoms with E-state index in [0.717, 1.165) is 6.08 Å². The van der Waals surface area contributed by atoms with Crippen LogP contribution in [-0.2, 0) is 9.59 Å². The van der Waals surface area contributed by atoms with E-state index in [2.05, 4.69) is 15.9 Å². The zero-order chi connectivity index (χ0) is 7.72. The Morgan fingerprint density at radius 3 is 2.30 bits per heavy atom. The van der Waals surface area contributed by atoms with Crippen molar-refractivity contribution >= 4 is 27.5 Å². The zero-order valence-electron chi connectivity index (χ0n) is 4.73. The summed E-state index contributed by atoms with van der Waals surface area (Å²) >= 11 is 2.80. The molecule has 1 rings (SSSR count). The molecule has 0 aromatic heterocycles. The van der Waals surface area contributed by atoms with Gasteiger partial charge in [0.05, 0.1) is 4.48 Å². The van der Waals surface area contributed by atoms with Crippen LogP contribution in [0, 0.1) is 0 Å². The third-order valence-electron chi connectivity index (χ3n) is 0.986. The van der Waals surface area contributed by atoms with E-state index in [0.29, 0.717) is 6.08 Å². The van der Waals surface area contributed by atoms with Crippen molar-refractivity contribution in [3.8, 4) is 0 Å². The molecule has 0 saturated carbocycles. The maximum absolute atomic E-state index is 12.2. The number of hydrogen-bond acceptors (Lipinski definition) is 2. The van der Waals surface area contributed by atoms with Crippen molar-refractivity contribution in [2.75, 3.05) is 0 Å². The predicted octanol–water partition coefficient (Wildman–Crippen LogP) is 1.27. The van der Waals surface area contributed by atoms with Gasteiger partial charge in [0, 0.05) is 12.2 Å². The number of allylic oxidation sites excluding steroid dienone is 4. The van der Waals surface area contributed by atoms with Gasteiger partial charge in [-0.2, -0.15) is 0 Å². The van der Waals surface area contributed by atoms with Gasteiger partial charge >= 0.3 is 0 Å². The molecule has 0 spiro atoms. The largest absolute Gasteiger partial charge is 0.289 e. The Hall–Kier alpha value is -0.770. The van der Waals surface area contributed by atoms with Gasteiger partial charge in [-0.3, -0.25) is 9.59 Å². The number of hydrogen-bond donors (Lipinski definition) is 0. The smallest absolute Gasteiger partial charge is 0.215 e. The van der Waals surface area contributed by atoms with E-state index in [9.17, 15) is 14.0 Å². The molecule has 4 heteroatoms. The molecule has 0 aromatic carbocycles. The second-order valence-electron chi connectivity index (χ2n) is 1.71. The highest BCUT2D eigenvalue weighted by Gasteiger charge is 2.17. The van der Waals surface area contributed by atoms with Crippen LogP contribution in [0.4, 0.5) is 4.39 Å².